The van der Waals surface area contributed by atoms with Gasteiger partial charge in [-0.05, 0) is 29.8 Å². The van der Waals surface area contributed by atoms with Crippen molar-refractivity contribution in [2.24, 2.45) is 0 Å². The molecule has 1 atom stereocenters. The highest BCUT2D eigenvalue weighted by Gasteiger charge is 2.35. The van der Waals surface area contributed by atoms with E-state index in [0.29, 0.717) is 5.69 Å². The molecule has 0 aromatic heterocycles. The van der Waals surface area contributed by atoms with E-state index in [1.807, 2.05) is 30.3 Å². The monoisotopic (exact) mass is 309 g/mol. The van der Waals surface area contributed by atoms with Gasteiger partial charge in [-0.25, -0.2) is 4.39 Å². The van der Waals surface area contributed by atoms with Crippen LogP contribution < -0.4 is 5.32 Å². The fourth-order valence-electron chi connectivity index (χ4n) is 1.97. The van der Waals surface area contributed by atoms with Gasteiger partial charge in [0.1, 0.15) is 5.82 Å². The second-order valence-electron chi connectivity index (χ2n) is 4.37. The first-order chi connectivity index (χ1) is 10.1. The van der Waals surface area contributed by atoms with Gasteiger partial charge in [0.15, 0.2) is 5.78 Å². The van der Waals surface area contributed by atoms with Crippen molar-refractivity contribution >= 4 is 13.3 Å². The molecule has 0 amide bonds. The van der Waals surface area contributed by atoms with E-state index in [9.17, 15) is 8.96 Å². The minimum absolute atomic E-state index is 0.335. The van der Waals surface area contributed by atoms with Crippen molar-refractivity contribution in [3.63, 3.8) is 0 Å². The third-order valence-corrected chi connectivity index (χ3v) is 5.17. The molecule has 0 spiro atoms. The molecule has 0 saturated carbocycles. The van der Waals surface area contributed by atoms with E-state index in [-0.39, 0.29) is 5.82 Å². The molecule has 6 heteroatoms. The van der Waals surface area contributed by atoms with Gasteiger partial charge in [-0.1, -0.05) is 30.3 Å². The zero-order chi connectivity index (χ0) is 15.3. The van der Waals surface area contributed by atoms with Crippen LogP contribution in [0.1, 0.15) is 11.3 Å². The minimum Gasteiger partial charge on any atom is -0.368 e. The maximum Gasteiger partial charge on any atom is 0.356 e. The van der Waals surface area contributed by atoms with Crippen LogP contribution >= 0.6 is 7.60 Å². The fraction of sp³-hybridized carbons (Fsp3) is 0.200. The Morgan fingerprint density at radius 2 is 1.57 bits per heavy atom. The van der Waals surface area contributed by atoms with Crippen LogP contribution in [-0.2, 0) is 13.6 Å². The van der Waals surface area contributed by atoms with Crippen molar-refractivity contribution in [1.82, 2.24) is 0 Å². The average molecular weight is 309 g/mol. The van der Waals surface area contributed by atoms with Crippen LogP contribution in [0.5, 0.6) is 0 Å². The molecule has 0 aliphatic carbocycles. The number of halogens is 1. The molecule has 2 aromatic rings. The Kier molecular flexibility index (Phi) is 5.12. The van der Waals surface area contributed by atoms with Crippen molar-refractivity contribution < 1.29 is 18.0 Å². The SMILES string of the molecule is COP(=O)(OC)C(Nc1ccc(F)cc1)c1ccccc1. The summed E-state index contributed by atoms with van der Waals surface area (Å²) in [5.74, 6) is -1.02. The van der Waals surface area contributed by atoms with Crippen LogP contribution in [0.15, 0.2) is 54.6 Å². The molecule has 1 unspecified atom stereocenters. The molecule has 2 aromatic carbocycles. The lowest BCUT2D eigenvalue weighted by atomic mass is 10.2. The number of hydrogen-bond donors (Lipinski definition) is 1. The molecule has 2 rings (SSSR count). The van der Waals surface area contributed by atoms with Gasteiger partial charge in [0.25, 0.3) is 0 Å². The average Bonchev–Trinajstić information content (AvgIpc) is 2.54. The Morgan fingerprint density at radius 1 is 1.00 bits per heavy atom. The lowest BCUT2D eigenvalue weighted by Gasteiger charge is -2.26. The number of anilines is 1. The van der Waals surface area contributed by atoms with E-state index in [0.717, 1.165) is 5.56 Å². The summed E-state index contributed by atoms with van der Waals surface area (Å²) >= 11 is 0. The first-order valence-corrected chi connectivity index (χ1v) is 7.98. The molecule has 21 heavy (non-hydrogen) atoms. The van der Waals surface area contributed by atoms with E-state index in [4.69, 9.17) is 9.05 Å². The lowest BCUT2D eigenvalue weighted by molar-refractivity contribution is 0.268. The Hall–Kier alpha value is -1.68. The van der Waals surface area contributed by atoms with Crippen LogP contribution in [0.3, 0.4) is 0 Å². The molecule has 0 saturated heterocycles. The first kappa shape index (κ1) is 15.7. The second-order valence-corrected chi connectivity index (χ2v) is 6.70. The summed E-state index contributed by atoms with van der Waals surface area (Å²) in [6.07, 6.45) is 0. The smallest absolute Gasteiger partial charge is 0.356 e. The topological polar surface area (TPSA) is 47.6 Å². The van der Waals surface area contributed by atoms with Gasteiger partial charge >= 0.3 is 7.60 Å². The molecule has 4 nitrogen and oxygen atoms in total. The van der Waals surface area contributed by atoms with Crippen LogP contribution in [0, 0.1) is 5.82 Å². The lowest BCUT2D eigenvalue weighted by Crippen LogP contribution is -2.13. The molecule has 1 N–H and O–H groups in total. The zero-order valence-corrected chi connectivity index (χ0v) is 12.7. The van der Waals surface area contributed by atoms with Crippen LogP contribution in [0.2, 0.25) is 0 Å². The van der Waals surface area contributed by atoms with Gasteiger partial charge in [0.2, 0.25) is 0 Å². The van der Waals surface area contributed by atoms with Crippen LogP contribution in [0.4, 0.5) is 10.1 Å². The Balaban J connectivity index is 2.37. The predicted molar refractivity (Wildman–Crippen MR) is 80.8 cm³/mol. The summed E-state index contributed by atoms with van der Waals surface area (Å²) < 4.78 is 35.9. The number of nitrogens with one attached hydrogen (secondary N) is 1. The summed E-state index contributed by atoms with van der Waals surface area (Å²) in [6, 6.07) is 15.0. The summed E-state index contributed by atoms with van der Waals surface area (Å²) in [7, 11) is -0.716. The molecule has 0 fully saturated rings. The van der Waals surface area contributed by atoms with Gasteiger partial charge in [-0.15, -0.1) is 0 Å². The standard InChI is InChI=1S/C15H17FNO3P/c1-19-21(18,20-2)15(12-6-4-3-5-7-12)17-14-10-8-13(16)9-11-14/h3-11,15,17H,1-2H3. The molecule has 0 bridgehead atoms. The Bertz CT molecular complexity index is 611. The summed E-state index contributed by atoms with van der Waals surface area (Å²) in [4.78, 5) is 0. The third kappa shape index (κ3) is 3.70. The third-order valence-electron chi connectivity index (χ3n) is 3.09. The maximum atomic E-state index is 13.0. The predicted octanol–water partition coefficient (Wildman–Crippen LogP) is 4.42. The first-order valence-electron chi connectivity index (χ1n) is 6.37. The van der Waals surface area contributed by atoms with E-state index in [1.165, 1.54) is 26.4 Å². The minimum atomic E-state index is -3.40. The van der Waals surface area contributed by atoms with E-state index in [1.54, 1.807) is 12.1 Å². The van der Waals surface area contributed by atoms with Crippen LogP contribution in [0.25, 0.3) is 0 Å². The number of rotatable bonds is 6. The molecule has 0 radical (unpaired) electrons. The summed E-state index contributed by atoms with van der Waals surface area (Å²) in [5, 5.41) is 3.09. The molecular formula is C15H17FNO3P. The zero-order valence-electron chi connectivity index (χ0n) is 11.8. The van der Waals surface area contributed by atoms with Crippen molar-refractivity contribution in [1.29, 1.82) is 0 Å². The van der Waals surface area contributed by atoms with Crippen molar-refractivity contribution in [3.8, 4) is 0 Å². The summed E-state index contributed by atoms with van der Waals surface area (Å²) in [5.41, 5.74) is 1.38. The van der Waals surface area contributed by atoms with Crippen LogP contribution in [-0.4, -0.2) is 14.2 Å². The van der Waals surface area contributed by atoms with Gasteiger partial charge in [-0.2, -0.15) is 0 Å². The molecule has 112 valence electrons. The van der Waals surface area contributed by atoms with Gasteiger partial charge in [0.05, 0.1) is 0 Å². The Morgan fingerprint density at radius 3 is 2.10 bits per heavy atom. The van der Waals surface area contributed by atoms with Crippen molar-refractivity contribution in [3.05, 3.63) is 66.0 Å². The molecular weight excluding hydrogens is 292 g/mol. The van der Waals surface area contributed by atoms with Crippen molar-refractivity contribution in [2.45, 2.75) is 5.78 Å². The molecule has 0 aliphatic rings. The molecule has 0 heterocycles. The normalized spacial score (nSPS) is 12.9. The van der Waals surface area contributed by atoms with Gasteiger partial charge < -0.3 is 14.4 Å². The fourth-order valence-corrected chi connectivity index (χ4v) is 3.38. The van der Waals surface area contributed by atoms with E-state index >= 15 is 0 Å². The second kappa shape index (κ2) is 6.85. The molecule has 0 aliphatic heterocycles. The van der Waals surface area contributed by atoms with E-state index in [2.05, 4.69) is 5.32 Å². The summed E-state index contributed by atoms with van der Waals surface area (Å²) in [6.45, 7) is 0. The quantitative estimate of drug-likeness (QED) is 0.802. The number of benzene rings is 2. The van der Waals surface area contributed by atoms with Crippen molar-refractivity contribution in [2.75, 3.05) is 19.5 Å². The Labute approximate surface area is 123 Å². The highest BCUT2D eigenvalue weighted by atomic mass is 31.2. The highest BCUT2D eigenvalue weighted by molar-refractivity contribution is 7.54. The highest BCUT2D eigenvalue weighted by Crippen LogP contribution is 2.59. The van der Waals surface area contributed by atoms with Gasteiger partial charge in [-0.3, -0.25) is 4.57 Å². The van der Waals surface area contributed by atoms with Gasteiger partial charge in [0, 0.05) is 19.9 Å². The maximum absolute atomic E-state index is 13.0. The van der Waals surface area contributed by atoms with E-state index < -0.39 is 13.4 Å². The number of hydrogen-bond acceptors (Lipinski definition) is 4. The largest absolute Gasteiger partial charge is 0.368 e.